The Morgan fingerprint density at radius 1 is 1.56 bits per heavy atom. The van der Waals surface area contributed by atoms with E-state index in [1.807, 2.05) is 6.92 Å². The molecule has 0 aromatic carbocycles. The number of primary amides is 1. The third kappa shape index (κ3) is 4.08. The molecular weight excluding hydrogens is 206 g/mol. The summed E-state index contributed by atoms with van der Waals surface area (Å²) in [5.41, 5.74) is 5.34. The lowest BCUT2D eigenvalue weighted by atomic mass is 10.1. The fourth-order valence-electron chi connectivity index (χ4n) is 2.09. The average Bonchev–Trinajstić information content (AvgIpc) is 2.29. The van der Waals surface area contributed by atoms with Crippen LogP contribution in [-0.2, 0) is 9.53 Å². The molecule has 1 amide bonds. The van der Waals surface area contributed by atoms with E-state index in [1.54, 1.807) is 7.11 Å². The molecular formula is C11H23N3O2. The molecule has 1 heterocycles. The number of nitrogens with two attached hydrogens (primary N) is 1. The van der Waals surface area contributed by atoms with Crippen molar-refractivity contribution in [3.05, 3.63) is 0 Å². The first-order valence-corrected chi connectivity index (χ1v) is 5.95. The van der Waals surface area contributed by atoms with Crippen molar-refractivity contribution in [2.45, 2.75) is 31.9 Å². The molecule has 1 aliphatic heterocycles. The summed E-state index contributed by atoms with van der Waals surface area (Å²) in [4.78, 5) is 13.5. The van der Waals surface area contributed by atoms with Gasteiger partial charge in [-0.15, -0.1) is 0 Å². The number of piperidine rings is 1. The van der Waals surface area contributed by atoms with Gasteiger partial charge >= 0.3 is 0 Å². The van der Waals surface area contributed by atoms with Crippen LogP contribution in [0.4, 0.5) is 0 Å². The van der Waals surface area contributed by atoms with Crippen molar-refractivity contribution in [1.82, 2.24) is 10.2 Å². The van der Waals surface area contributed by atoms with Gasteiger partial charge in [0.05, 0.1) is 12.1 Å². The third-order valence-electron chi connectivity index (χ3n) is 3.10. The minimum absolute atomic E-state index is 0.232. The summed E-state index contributed by atoms with van der Waals surface area (Å²) in [5.74, 6) is -0.268. The number of amides is 1. The molecule has 0 saturated carbocycles. The molecule has 0 aromatic heterocycles. The third-order valence-corrected chi connectivity index (χ3v) is 3.10. The van der Waals surface area contributed by atoms with Gasteiger partial charge in [-0.3, -0.25) is 4.79 Å². The minimum Gasteiger partial charge on any atom is -0.381 e. The highest BCUT2D eigenvalue weighted by Crippen LogP contribution is 2.12. The van der Waals surface area contributed by atoms with Crippen LogP contribution < -0.4 is 11.1 Å². The van der Waals surface area contributed by atoms with E-state index < -0.39 is 0 Å². The van der Waals surface area contributed by atoms with Crippen molar-refractivity contribution in [3.8, 4) is 0 Å². The summed E-state index contributed by atoms with van der Waals surface area (Å²) in [7, 11) is 1.76. The summed E-state index contributed by atoms with van der Waals surface area (Å²) in [6.45, 7) is 5.41. The Labute approximate surface area is 97.3 Å². The lowest BCUT2D eigenvalue weighted by Gasteiger charge is -2.33. The van der Waals surface area contributed by atoms with Crippen molar-refractivity contribution in [3.63, 3.8) is 0 Å². The van der Waals surface area contributed by atoms with Gasteiger partial charge in [0.15, 0.2) is 0 Å². The largest absolute Gasteiger partial charge is 0.381 e. The lowest BCUT2D eigenvalue weighted by molar-refractivity contribution is -0.120. The highest BCUT2D eigenvalue weighted by Gasteiger charge is 2.23. The second kappa shape index (κ2) is 6.83. The summed E-state index contributed by atoms with van der Waals surface area (Å²) in [6.07, 6.45) is 2.45. The Hall–Kier alpha value is -0.650. The van der Waals surface area contributed by atoms with E-state index in [2.05, 4.69) is 10.2 Å². The van der Waals surface area contributed by atoms with E-state index in [4.69, 9.17) is 10.5 Å². The zero-order valence-corrected chi connectivity index (χ0v) is 10.2. The molecule has 1 fully saturated rings. The highest BCUT2D eigenvalue weighted by molar-refractivity contribution is 5.80. The van der Waals surface area contributed by atoms with Gasteiger partial charge in [-0.2, -0.15) is 0 Å². The van der Waals surface area contributed by atoms with Crippen LogP contribution in [-0.4, -0.2) is 56.2 Å². The van der Waals surface area contributed by atoms with E-state index in [-0.39, 0.29) is 11.9 Å². The summed E-state index contributed by atoms with van der Waals surface area (Å²) < 4.78 is 5.31. The molecule has 0 spiro atoms. The molecule has 0 bridgehead atoms. The maximum absolute atomic E-state index is 11.2. The normalized spacial score (nSPS) is 20.9. The van der Waals surface area contributed by atoms with Crippen molar-refractivity contribution in [1.29, 1.82) is 0 Å². The Kier molecular flexibility index (Phi) is 5.73. The van der Waals surface area contributed by atoms with Crippen molar-refractivity contribution < 1.29 is 9.53 Å². The monoisotopic (exact) mass is 229 g/mol. The maximum Gasteiger partial charge on any atom is 0.235 e. The first-order valence-electron chi connectivity index (χ1n) is 5.95. The van der Waals surface area contributed by atoms with Gasteiger partial charge in [0.1, 0.15) is 0 Å². The molecule has 3 N–H and O–H groups in total. The Bertz CT molecular complexity index is 215. The molecule has 5 heteroatoms. The summed E-state index contributed by atoms with van der Waals surface area (Å²) >= 11 is 0. The zero-order chi connectivity index (χ0) is 12.0. The van der Waals surface area contributed by atoms with Crippen LogP contribution in [0.5, 0.6) is 0 Å². The van der Waals surface area contributed by atoms with Crippen LogP contribution in [0.15, 0.2) is 0 Å². The number of likely N-dealkylation sites (N-methyl/N-ethyl adjacent to an activating group) is 1. The first kappa shape index (κ1) is 13.4. The first-order chi connectivity index (χ1) is 7.67. The second-order valence-corrected chi connectivity index (χ2v) is 4.25. The smallest absolute Gasteiger partial charge is 0.235 e. The molecule has 0 aliphatic carbocycles. The van der Waals surface area contributed by atoms with E-state index >= 15 is 0 Å². The van der Waals surface area contributed by atoms with Crippen LogP contribution in [0.2, 0.25) is 0 Å². The number of nitrogens with zero attached hydrogens (tertiary/aromatic N) is 1. The number of ether oxygens (including phenoxy) is 1. The Balaban J connectivity index is 2.33. The fourth-order valence-corrected chi connectivity index (χ4v) is 2.09. The molecule has 94 valence electrons. The molecule has 1 aliphatic rings. The Morgan fingerprint density at radius 2 is 2.19 bits per heavy atom. The molecule has 16 heavy (non-hydrogen) atoms. The van der Waals surface area contributed by atoms with Crippen LogP contribution in [0, 0.1) is 0 Å². The number of hydrogen-bond acceptors (Lipinski definition) is 4. The van der Waals surface area contributed by atoms with Crippen LogP contribution in [0.1, 0.15) is 19.8 Å². The van der Waals surface area contributed by atoms with Crippen LogP contribution in [0.25, 0.3) is 0 Å². The van der Waals surface area contributed by atoms with Gasteiger partial charge in [-0.1, -0.05) is 6.92 Å². The van der Waals surface area contributed by atoms with E-state index in [0.717, 1.165) is 32.5 Å². The highest BCUT2D eigenvalue weighted by atomic mass is 16.5. The van der Waals surface area contributed by atoms with E-state index in [0.29, 0.717) is 12.6 Å². The van der Waals surface area contributed by atoms with E-state index in [1.165, 1.54) is 0 Å². The zero-order valence-electron chi connectivity index (χ0n) is 10.2. The summed E-state index contributed by atoms with van der Waals surface area (Å²) in [6, 6.07) is -0.232. The van der Waals surface area contributed by atoms with Crippen LogP contribution in [0.3, 0.4) is 0 Å². The maximum atomic E-state index is 11.2. The molecule has 1 atom stereocenters. The number of nitrogens with one attached hydrogen (secondary N) is 1. The second-order valence-electron chi connectivity index (χ2n) is 4.25. The van der Waals surface area contributed by atoms with Gasteiger partial charge in [0.2, 0.25) is 5.91 Å². The van der Waals surface area contributed by atoms with Gasteiger partial charge in [0.25, 0.3) is 0 Å². The molecule has 5 nitrogen and oxygen atoms in total. The number of likely N-dealkylation sites (tertiary alicyclic amines) is 1. The standard InChI is InChI=1S/C11H23N3O2/c1-3-13-10(11(12)15)8-14-6-4-9(16-2)5-7-14/h9-10,13H,3-8H2,1-2H3,(H2,12,15). The number of methoxy groups -OCH3 is 1. The molecule has 1 unspecified atom stereocenters. The average molecular weight is 229 g/mol. The SMILES string of the molecule is CCNC(CN1CCC(OC)CC1)C(N)=O. The lowest BCUT2D eigenvalue weighted by Crippen LogP contribution is -2.51. The number of hydrogen-bond donors (Lipinski definition) is 2. The number of carbonyl (C=O) groups excluding carboxylic acids is 1. The minimum atomic E-state index is -0.268. The topological polar surface area (TPSA) is 67.6 Å². The molecule has 0 radical (unpaired) electrons. The van der Waals surface area contributed by atoms with Crippen molar-refractivity contribution in [2.24, 2.45) is 5.73 Å². The predicted octanol–water partition coefficient (Wildman–Crippen LogP) is -0.439. The van der Waals surface area contributed by atoms with Gasteiger partial charge < -0.3 is 20.7 Å². The Morgan fingerprint density at radius 3 is 2.62 bits per heavy atom. The van der Waals surface area contributed by atoms with Gasteiger partial charge in [0, 0.05) is 26.7 Å². The number of carbonyl (C=O) groups is 1. The van der Waals surface area contributed by atoms with Crippen molar-refractivity contribution in [2.75, 3.05) is 33.3 Å². The summed E-state index contributed by atoms with van der Waals surface area (Å²) in [5, 5.41) is 3.11. The van der Waals surface area contributed by atoms with Crippen molar-refractivity contribution >= 4 is 5.91 Å². The van der Waals surface area contributed by atoms with Gasteiger partial charge in [-0.05, 0) is 19.4 Å². The fraction of sp³-hybridized carbons (Fsp3) is 0.909. The predicted molar refractivity (Wildman–Crippen MR) is 63.1 cm³/mol. The molecule has 1 saturated heterocycles. The van der Waals surface area contributed by atoms with E-state index in [9.17, 15) is 4.79 Å². The van der Waals surface area contributed by atoms with Gasteiger partial charge in [-0.25, -0.2) is 0 Å². The van der Waals surface area contributed by atoms with Crippen LogP contribution >= 0.6 is 0 Å². The number of rotatable bonds is 6. The molecule has 1 rings (SSSR count). The molecule has 0 aromatic rings. The quantitative estimate of drug-likeness (QED) is 0.648.